The molecule has 8 N–H and O–H groups in total. The Bertz CT molecular complexity index is 1630. The van der Waals surface area contributed by atoms with Crippen LogP contribution >= 0.6 is 0 Å². The Morgan fingerprint density at radius 3 is 2.27 bits per heavy atom. The van der Waals surface area contributed by atoms with E-state index in [1.807, 2.05) is 20.8 Å². The number of likely N-dealkylation sites (N-methyl/N-ethyl adjacent to an activating group) is 1. The summed E-state index contributed by atoms with van der Waals surface area (Å²) in [5, 5.41) is 69.4. The van der Waals surface area contributed by atoms with Crippen molar-refractivity contribution in [2.75, 3.05) is 39.1 Å². The fraction of sp³-hybridized carbons (Fsp3) is 0.848. The van der Waals surface area contributed by atoms with E-state index in [1.54, 1.807) is 80.0 Å². The number of carbonyl (C=O) groups is 2. The van der Waals surface area contributed by atoms with Crippen molar-refractivity contribution in [1.29, 1.82) is 0 Å². The Hall–Kier alpha value is -2.59. The Labute approximate surface area is 380 Å². The highest BCUT2D eigenvalue weighted by Gasteiger charge is 2.58. The maximum atomic E-state index is 14.5. The molecule has 0 bridgehead atoms. The van der Waals surface area contributed by atoms with E-state index in [0.29, 0.717) is 18.8 Å². The van der Waals surface area contributed by atoms with Crippen LogP contribution in [0.4, 0.5) is 10.5 Å². The van der Waals surface area contributed by atoms with E-state index < -0.39 is 114 Å². The number of ether oxygens (including phenoxy) is 6. The maximum Gasteiger partial charge on any atom is 0.321 e. The number of aromatic nitrogens is 1. The zero-order valence-corrected chi connectivity index (χ0v) is 40.4. The number of amides is 2. The smallest absolute Gasteiger partial charge is 0.321 e. The van der Waals surface area contributed by atoms with Gasteiger partial charge in [-0.2, -0.15) is 0 Å². The van der Waals surface area contributed by atoms with Crippen molar-refractivity contribution >= 4 is 17.7 Å². The molecule has 0 aliphatic carbocycles. The van der Waals surface area contributed by atoms with E-state index in [1.165, 1.54) is 18.9 Å². The van der Waals surface area contributed by atoms with Gasteiger partial charge >= 0.3 is 12.0 Å². The van der Waals surface area contributed by atoms with Gasteiger partial charge in [-0.1, -0.05) is 27.7 Å². The topological polar surface area (TPSA) is 243 Å². The highest BCUT2D eigenvalue weighted by molar-refractivity contribution is 5.89. The van der Waals surface area contributed by atoms with Gasteiger partial charge in [0.05, 0.1) is 42.0 Å². The number of pyridine rings is 1. The molecule has 18 nitrogen and oxygen atoms in total. The molecule has 18 heteroatoms. The first-order chi connectivity index (χ1) is 29.9. The van der Waals surface area contributed by atoms with Gasteiger partial charge in [0.15, 0.2) is 12.6 Å². The largest absolute Gasteiger partial charge is 0.459 e. The molecule has 3 fully saturated rings. The predicted octanol–water partition coefficient (Wildman–Crippen LogP) is 2.93. The molecule has 3 saturated heterocycles. The van der Waals surface area contributed by atoms with Crippen LogP contribution in [0.1, 0.15) is 108 Å². The van der Waals surface area contributed by atoms with E-state index in [2.05, 4.69) is 20.9 Å². The molecular formula is C46H81N5O13. The number of hydrogen-bond acceptors (Lipinski definition) is 16. The van der Waals surface area contributed by atoms with Crippen molar-refractivity contribution in [2.24, 2.45) is 17.8 Å². The fourth-order valence-electron chi connectivity index (χ4n) is 9.88. The third-order valence-electron chi connectivity index (χ3n) is 14.1. The molecule has 4 heterocycles. The summed E-state index contributed by atoms with van der Waals surface area (Å²) >= 11 is 0. The van der Waals surface area contributed by atoms with E-state index in [0.717, 1.165) is 6.42 Å². The number of cyclic esters (lactones) is 1. The quantitative estimate of drug-likeness (QED) is 0.111. The minimum atomic E-state index is -1.86. The normalized spacial score (nSPS) is 43.1. The summed E-state index contributed by atoms with van der Waals surface area (Å²) in [6, 6.07) is 1.41. The first kappa shape index (κ1) is 54.0. The highest BCUT2D eigenvalue weighted by Crippen LogP contribution is 2.43. The number of hydrogen-bond donors (Lipinski definition) is 8. The Morgan fingerprint density at radius 1 is 1.00 bits per heavy atom. The van der Waals surface area contributed by atoms with Gasteiger partial charge in [0, 0.05) is 57.2 Å². The second kappa shape index (κ2) is 22.5. The molecule has 368 valence electrons. The number of rotatable bonds is 12. The summed E-state index contributed by atoms with van der Waals surface area (Å²) in [7, 11) is 3.09. The number of nitrogens with one attached hydrogen (secondary N) is 3. The molecule has 18 atom stereocenters. The van der Waals surface area contributed by atoms with E-state index in [9.17, 15) is 35.1 Å². The van der Waals surface area contributed by atoms with E-state index >= 15 is 0 Å². The molecule has 64 heavy (non-hydrogen) atoms. The molecule has 1 aromatic rings. The number of aliphatic hydroxyl groups is 5. The molecule has 0 spiro atoms. The van der Waals surface area contributed by atoms with Crippen LogP contribution in [0.2, 0.25) is 0 Å². The first-order valence-corrected chi connectivity index (χ1v) is 23.2. The first-order valence-electron chi connectivity index (χ1n) is 23.2. The number of methoxy groups -OCH3 is 1. The number of aliphatic hydroxyl groups excluding tert-OH is 2. The summed E-state index contributed by atoms with van der Waals surface area (Å²) in [4.78, 5) is 33.4. The van der Waals surface area contributed by atoms with Gasteiger partial charge in [0.2, 0.25) is 0 Å². The molecule has 0 unspecified atom stereocenters. The summed E-state index contributed by atoms with van der Waals surface area (Å²) in [6.07, 6.45) is -5.34. The average Bonchev–Trinajstić information content (AvgIpc) is 3.24. The van der Waals surface area contributed by atoms with Crippen LogP contribution < -0.4 is 16.0 Å². The summed E-state index contributed by atoms with van der Waals surface area (Å²) < 4.78 is 38.5. The van der Waals surface area contributed by atoms with Gasteiger partial charge in [-0.3, -0.25) is 9.78 Å². The zero-order chi connectivity index (χ0) is 47.9. The van der Waals surface area contributed by atoms with Crippen LogP contribution in [0.5, 0.6) is 0 Å². The van der Waals surface area contributed by atoms with Crippen LogP contribution in [0.15, 0.2) is 24.5 Å². The van der Waals surface area contributed by atoms with Crippen molar-refractivity contribution in [1.82, 2.24) is 20.5 Å². The van der Waals surface area contributed by atoms with Crippen LogP contribution in [0.3, 0.4) is 0 Å². The second-order valence-electron chi connectivity index (χ2n) is 19.5. The summed E-state index contributed by atoms with van der Waals surface area (Å²) in [5.41, 5.74) is -5.69. The van der Waals surface area contributed by atoms with Gasteiger partial charge in [-0.25, -0.2) is 4.79 Å². The van der Waals surface area contributed by atoms with Crippen molar-refractivity contribution in [2.45, 2.75) is 198 Å². The lowest BCUT2D eigenvalue weighted by atomic mass is 9.75. The molecule has 3 aliphatic rings. The zero-order valence-electron chi connectivity index (χ0n) is 40.4. The standard InChI is InChI=1S/C46H81N5O13/c1-14-18-48-25-46(58)31(8)61-35(23-44(46,10)59-13)63-37-28(5)39(64-41-36(52)33(21-27(4)60-41)51(12)42(55)50-32-16-19-47-20-17-32)43(9,56)22-26(3)24-49-30(7)38(53)45(11,57)34(15-2)62-40(54)29(37)6/h16-17,19-20,26-31,33-39,41,48-49,52-53,56-58H,14-15,18,21-25H2,1-13H3,(H,47,50,55)/t26-,27-,28+,29-,30-,31+,33+,34-,35+,36-,37+,38-,39-,41+,43-,44-,45-,46+/m1/s1. The number of carbonyl (C=O) groups excluding carboxylic acids is 2. The fourth-order valence-corrected chi connectivity index (χ4v) is 9.88. The summed E-state index contributed by atoms with van der Waals surface area (Å²) in [5.74, 6) is -2.98. The van der Waals surface area contributed by atoms with Crippen LogP contribution in [-0.2, 0) is 33.2 Å². The second-order valence-corrected chi connectivity index (χ2v) is 19.5. The van der Waals surface area contributed by atoms with Crippen LogP contribution in [0, 0.1) is 17.8 Å². The van der Waals surface area contributed by atoms with Crippen molar-refractivity contribution in [3.8, 4) is 0 Å². The maximum absolute atomic E-state index is 14.5. The van der Waals surface area contributed by atoms with Gasteiger partial charge in [0.1, 0.15) is 35.1 Å². The third-order valence-corrected chi connectivity index (χ3v) is 14.1. The van der Waals surface area contributed by atoms with Gasteiger partial charge in [0.25, 0.3) is 0 Å². The average molecular weight is 912 g/mol. The van der Waals surface area contributed by atoms with Gasteiger partial charge < -0.3 is 74.8 Å². The van der Waals surface area contributed by atoms with Crippen molar-refractivity contribution in [3.63, 3.8) is 0 Å². The monoisotopic (exact) mass is 912 g/mol. The molecule has 4 rings (SSSR count). The van der Waals surface area contributed by atoms with E-state index in [4.69, 9.17) is 28.4 Å². The van der Waals surface area contributed by atoms with E-state index in [-0.39, 0.29) is 38.1 Å². The summed E-state index contributed by atoms with van der Waals surface area (Å²) in [6.45, 7) is 20.4. The van der Waals surface area contributed by atoms with Crippen molar-refractivity contribution < 1.29 is 63.5 Å². The molecule has 1 aromatic heterocycles. The Kier molecular flexibility index (Phi) is 19.0. The molecule has 2 amide bonds. The lowest BCUT2D eigenvalue weighted by Crippen LogP contribution is -2.70. The number of urea groups is 1. The lowest BCUT2D eigenvalue weighted by molar-refractivity contribution is -0.336. The number of anilines is 1. The Balaban J connectivity index is 1.79. The number of esters is 1. The minimum Gasteiger partial charge on any atom is -0.459 e. The van der Waals surface area contributed by atoms with Gasteiger partial charge in [-0.05, 0) is 105 Å². The minimum absolute atomic E-state index is 0.0433. The molecule has 0 aromatic carbocycles. The van der Waals surface area contributed by atoms with Crippen LogP contribution in [0.25, 0.3) is 0 Å². The van der Waals surface area contributed by atoms with Gasteiger partial charge in [-0.15, -0.1) is 0 Å². The lowest BCUT2D eigenvalue weighted by Gasteiger charge is -2.53. The third kappa shape index (κ3) is 12.3. The molecule has 0 radical (unpaired) electrons. The molecule has 3 aliphatic heterocycles. The predicted molar refractivity (Wildman–Crippen MR) is 239 cm³/mol. The highest BCUT2D eigenvalue weighted by atomic mass is 16.7. The van der Waals surface area contributed by atoms with Crippen LogP contribution in [-0.4, -0.2) is 171 Å². The molecule has 0 saturated carbocycles. The SMILES string of the molecule is CCCNC[C@]1(O)[C@H](C)O[C@@H](O[C@H]2[C@H](C)[C@@H](O[C@@H]3O[C@H](C)C[C@H](N(C)C(=O)Nc4ccncc4)[C@H]3O)[C@](C)(O)C[C@@H](C)CN[C@H](C)[C@@H](O)[C@](C)(O)[C@@H](CC)OC(=O)[C@@H]2C)C[C@@]1(C)OC. The molecular weight excluding hydrogens is 831 g/mol. The van der Waals surface area contributed by atoms with Crippen molar-refractivity contribution in [3.05, 3.63) is 24.5 Å². The Morgan fingerprint density at radius 2 is 1.66 bits per heavy atom. The number of nitrogens with zero attached hydrogens (tertiary/aromatic N) is 2.